The maximum atomic E-state index is 12.8. The van der Waals surface area contributed by atoms with Crippen molar-refractivity contribution in [1.82, 2.24) is 15.1 Å². The number of rotatable bonds is 6. The van der Waals surface area contributed by atoms with Crippen LogP contribution in [0.4, 0.5) is 13.2 Å². The Hall–Kier alpha value is -1.53. The molecule has 1 aliphatic carbocycles. The minimum absolute atomic E-state index is 0.0968. The SMILES string of the molecule is CCCCNC(=O)C(C)n1nc(C(F)(F)F)cc1C1CC1. The van der Waals surface area contributed by atoms with Crippen molar-refractivity contribution in [2.24, 2.45) is 0 Å². The van der Waals surface area contributed by atoms with Gasteiger partial charge in [-0.2, -0.15) is 18.3 Å². The van der Waals surface area contributed by atoms with Gasteiger partial charge in [-0.15, -0.1) is 0 Å². The van der Waals surface area contributed by atoms with Crippen molar-refractivity contribution < 1.29 is 18.0 Å². The van der Waals surface area contributed by atoms with E-state index in [4.69, 9.17) is 0 Å². The number of amides is 1. The topological polar surface area (TPSA) is 46.9 Å². The van der Waals surface area contributed by atoms with Gasteiger partial charge in [0.1, 0.15) is 6.04 Å². The lowest BCUT2D eigenvalue weighted by molar-refractivity contribution is -0.142. The van der Waals surface area contributed by atoms with Gasteiger partial charge < -0.3 is 5.32 Å². The fourth-order valence-electron chi connectivity index (χ4n) is 2.19. The van der Waals surface area contributed by atoms with Crippen molar-refractivity contribution >= 4 is 5.91 Å². The Kier molecular flexibility index (Phi) is 4.58. The molecule has 0 bridgehead atoms. The minimum Gasteiger partial charge on any atom is -0.354 e. The highest BCUT2D eigenvalue weighted by atomic mass is 19.4. The van der Waals surface area contributed by atoms with Crippen LogP contribution in [-0.4, -0.2) is 22.2 Å². The van der Waals surface area contributed by atoms with Gasteiger partial charge in [0.15, 0.2) is 5.69 Å². The average Bonchev–Trinajstić information content (AvgIpc) is 3.15. The maximum Gasteiger partial charge on any atom is 0.435 e. The summed E-state index contributed by atoms with van der Waals surface area (Å²) in [4.78, 5) is 12.0. The third-order valence-corrected chi connectivity index (χ3v) is 3.63. The Balaban J connectivity index is 2.17. The van der Waals surface area contributed by atoms with Crippen LogP contribution in [0.5, 0.6) is 0 Å². The number of aromatic nitrogens is 2. The molecule has 1 saturated carbocycles. The molecule has 2 rings (SSSR count). The number of carbonyl (C=O) groups excluding carboxylic acids is 1. The monoisotopic (exact) mass is 303 g/mol. The summed E-state index contributed by atoms with van der Waals surface area (Å²) in [6, 6.07) is 0.349. The van der Waals surface area contributed by atoms with E-state index < -0.39 is 17.9 Å². The fraction of sp³-hybridized carbons (Fsp3) is 0.714. The summed E-state index contributed by atoms with van der Waals surface area (Å²) in [5.74, 6) is -0.193. The highest BCUT2D eigenvalue weighted by Gasteiger charge is 2.39. The molecule has 1 unspecified atom stereocenters. The molecule has 1 amide bonds. The van der Waals surface area contributed by atoms with Gasteiger partial charge in [-0.25, -0.2) is 0 Å². The molecule has 0 aliphatic heterocycles. The number of hydrogen-bond donors (Lipinski definition) is 1. The molecule has 1 aromatic heterocycles. The molecule has 0 radical (unpaired) electrons. The summed E-state index contributed by atoms with van der Waals surface area (Å²) in [5, 5.41) is 6.36. The van der Waals surface area contributed by atoms with Crippen LogP contribution in [-0.2, 0) is 11.0 Å². The van der Waals surface area contributed by atoms with Crippen LogP contribution >= 0.6 is 0 Å². The average molecular weight is 303 g/mol. The van der Waals surface area contributed by atoms with Gasteiger partial charge in [0.05, 0.1) is 0 Å². The number of halogens is 3. The first-order valence-electron chi connectivity index (χ1n) is 7.29. The summed E-state index contributed by atoms with van der Waals surface area (Å²) in [6.45, 7) is 4.12. The lowest BCUT2D eigenvalue weighted by Gasteiger charge is -2.15. The Morgan fingerprint density at radius 3 is 2.71 bits per heavy atom. The van der Waals surface area contributed by atoms with Crippen LogP contribution < -0.4 is 5.32 Å². The number of unbranched alkanes of at least 4 members (excludes halogenated alkanes) is 1. The molecule has 1 atom stereocenters. The van der Waals surface area contributed by atoms with E-state index in [-0.39, 0.29) is 11.8 Å². The summed E-state index contributed by atoms with van der Waals surface area (Å²) in [6.07, 6.45) is -0.976. The van der Waals surface area contributed by atoms with E-state index in [2.05, 4.69) is 10.4 Å². The first kappa shape index (κ1) is 15.9. The highest BCUT2D eigenvalue weighted by Crippen LogP contribution is 2.42. The highest BCUT2D eigenvalue weighted by molar-refractivity contribution is 5.79. The summed E-state index contributed by atoms with van der Waals surface area (Å²) >= 11 is 0. The molecular weight excluding hydrogens is 283 g/mol. The molecule has 4 nitrogen and oxygen atoms in total. The zero-order valence-corrected chi connectivity index (χ0v) is 12.2. The Labute approximate surface area is 121 Å². The third-order valence-electron chi connectivity index (χ3n) is 3.63. The van der Waals surface area contributed by atoms with E-state index in [0.29, 0.717) is 12.2 Å². The van der Waals surface area contributed by atoms with E-state index in [1.54, 1.807) is 6.92 Å². The van der Waals surface area contributed by atoms with Gasteiger partial charge in [-0.1, -0.05) is 13.3 Å². The number of carbonyl (C=O) groups is 1. The zero-order valence-electron chi connectivity index (χ0n) is 12.2. The Bertz CT molecular complexity index is 506. The first-order chi connectivity index (χ1) is 9.84. The van der Waals surface area contributed by atoms with Crippen LogP contribution in [0.1, 0.15) is 62.9 Å². The normalized spacial score (nSPS) is 16.8. The van der Waals surface area contributed by atoms with E-state index >= 15 is 0 Å². The molecule has 1 aromatic rings. The quantitative estimate of drug-likeness (QED) is 0.820. The second-order valence-electron chi connectivity index (χ2n) is 5.49. The van der Waals surface area contributed by atoms with Gasteiger partial charge in [-0.05, 0) is 32.3 Å². The summed E-state index contributed by atoms with van der Waals surface area (Å²) < 4.78 is 39.6. The third kappa shape index (κ3) is 3.77. The fourth-order valence-corrected chi connectivity index (χ4v) is 2.19. The van der Waals surface area contributed by atoms with Crippen molar-refractivity contribution in [3.8, 4) is 0 Å². The number of nitrogens with one attached hydrogen (secondary N) is 1. The summed E-state index contributed by atoms with van der Waals surface area (Å²) in [5.41, 5.74) is -0.405. The van der Waals surface area contributed by atoms with Crippen LogP contribution in [0.3, 0.4) is 0 Å². The van der Waals surface area contributed by atoms with Gasteiger partial charge >= 0.3 is 6.18 Å². The number of hydrogen-bond acceptors (Lipinski definition) is 2. The molecule has 0 saturated heterocycles. The van der Waals surface area contributed by atoms with E-state index in [1.165, 1.54) is 4.68 Å². The van der Waals surface area contributed by atoms with E-state index in [9.17, 15) is 18.0 Å². The predicted molar refractivity (Wildman–Crippen MR) is 71.8 cm³/mol. The molecule has 118 valence electrons. The van der Waals surface area contributed by atoms with Crippen molar-refractivity contribution in [2.45, 2.75) is 57.7 Å². The number of nitrogens with zero attached hydrogens (tertiary/aromatic N) is 2. The predicted octanol–water partition coefficient (Wildman–Crippen LogP) is 3.26. The Morgan fingerprint density at radius 2 is 2.19 bits per heavy atom. The largest absolute Gasteiger partial charge is 0.435 e. The van der Waals surface area contributed by atoms with Crippen LogP contribution in [0.25, 0.3) is 0 Å². The maximum absolute atomic E-state index is 12.8. The van der Waals surface area contributed by atoms with Crippen molar-refractivity contribution in [3.05, 3.63) is 17.5 Å². The molecular formula is C14H20F3N3O. The second kappa shape index (κ2) is 6.07. The summed E-state index contributed by atoms with van der Waals surface area (Å²) in [7, 11) is 0. The van der Waals surface area contributed by atoms with Crippen molar-refractivity contribution in [3.63, 3.8) is 0 Å². The van der Waals surface area contributed by atoms with E-state index in [0.717, 1.165) is 31.7 Å². The molecule has 21 heavy (non-hydrogen) atoms. The molecule has 1 aliphatic rings. The van der Waals surface area contributed by atoms with Gasteiger partial charge in [-0.3, -0.25) is 9.48 Å². The van der Waals surface area contributed by atoms with E-state index in [1.807, 2.05) is 6.92 Å². The molecule has 7 heteroatoms. The zero-order chi connectivity index (χ0) is 15.6. The first-order valence-corrected chi connectivity index (χ1v) is 7.29. The lowest BCUT2D eigenvalue weighted by atomic mass is 10.2. The van der Waals surface area contributed by atoms with Crippen LogP contribution in [0, 0.1) is 0 Å². The van der Waals surface area contributed by atoms with Crippen LogP contribution in [0.2, 0.25) is 0 Å². The molecule has 1 N–H and O–H groups in total. The van der Waals surface area contributed by atoms with Crippen molar-refractivity contribution in [2.75, 3.05) is 6.54 Å². The van der Waals surface area contributed by atoms with Crippen LogP contribution in [0.15, 0.2) is 6.07 Å². The standard InChI is InChI=1S/C14H20F3N3O/c1-3-4-7-18-13(21)9(2)20-11(10-5-6-10)8-12(19-20)14(15,16)17/h8-10H,3-7H2,1-2H3,(H,18,21). The minimum atomic E-state index is -4.48. The lowest BCUT2D eigenvalue weighted by Crippen LogP contribution is -2.33. The van der Waals surface area contributed by atoms with Gasteiger partial charge in [0.2, 0.25) is 5.91 Å². The molecule has 0 spiro atoms. The second-order valence-corrected chi connectivity index (χ2v) is 5.49. The van der Waals surface area contributed by atoms with Gasteiger partial charge in [0.25, 0.3) is 0 Å². The molecule has 1 heterocycles. The smallest absolute Gasteiger partial charge is 0.354 e. The molecule has 1 fully saturated rings. The van der Waals surface area contributed by atoms with Gasteiger partial charge in [0, 0.05) is 18.2 Å². The number of alkyl halides is 3. The van der Waals surface area contributed by atoms with Crippen molar-refractivity contribution in [1.29, 1.82) is 0 Å². The molecule has 0 aromatic carbocycles. The Morgan fingerprint density at radius 1 is 1.52 bits per heavy atom.